The second-order valence-electron chi connectivity index (χ2n) is 4.19. The zero-order valence-corrected chi connectivity index (χ0v) is 11.6. The van der Waals surface area contributed by atoms with Crippen molar-refractivity contribution in [3.63, 3.8) is 0 Å². The van der Waals surface area contributed by atoms with Crippen LogP contribution in [0.1, 0.15) is 25.0 Å². The van der Waals surface area contributed by atoms with Gasteiger partial charge in [-0.3, -0.25) is 0 Å². The first-order chi connectivity index (χ1) is 7.24. The molecule has 1 aliphatic carbocycles. The number of furan rings is 1. The van der Waals surface area contributed by atoms with Crippen LogP contribution in [0.4, 0.5) is 0 Å². The maximum Gasteiger partial charge on any atom is 0.193 e. The van der Waals surface area contributed by atoms with Gasteiger partial charge in [0.2, 0.25) is 0 Å². The number of alkyl halides is 1. The van der Waals surface area contributed by atoms with Crippen molar-refractivity contribution in [2.75, 3.05) is 11.1 Å². The van der Waals surface area contributed by atoms with Crippen LogP contribution in [0.2, 0.25) is 5.22 Å². The Balaban J connectivity index is 1.74. The zero-order valence-electron chi connectivity index (χ0n) is 8.47. The van der Waals surface area contributed by atoms with Crippen LogP contribution in [-0.4, -0.2) is 11.1 Å². The van der Waals surface area contributed by atoms with Crippen LogP contribution in [0.15, 0.2) is 16.5 Å². The van der Waals surface area contributed by atoms with Gasteiger partial charge in [-0.05, 0) is 42.0 Å². The number of hydrogen-bond donors (Lipinski definition) is 0. The lowest BCUT2D eigenvalue weighted by molar-refractivity contribution is 0.206. The molecule has 0 spiro atoms. The average Bonchev–Trinajstić information content (AvgIpc) is 2.56. The largest absolute Gasteiger partial charge is 0.449 e. The minimum Gasteiger partial charge on any atom is -0.449 e. The standard InChI is InChI=1S/C11H14BrClOS/c12-7-11(4-1-5-11)8-15-6-9-2-3-10(13)14-9/h2-3H,1,4-8H2. The Morgan fingerprint density at radius 2 is 2.27 bits per heavy atom. The lowest BCUT2D eigenvalue weighted by Gasteiger charge is -2.40. The summed E-state index contributed by atoms with van der Waals surface area (Å²) < 4.78 is 5.32. The van der Waals surface area contributed by atoms with E-state index < -0.39 is 0 Å². The third kappa shape index (κ3) is 2.95. The van der Waals surface area contributed by atoms with E-state index in [9.17, 15) is 0 Å². The third-order valence-corrected chi connectivity index (χ3v) is 5.68. The van der Waals surface area contributed by atoms with Crippen molar-refractivity contribution in [3.8, 4) is 0 Å². The molecule has 0 atom stereocenters. The lowest BCUT2D eigenvalue weighted by Crippen LogP contribution is -2.33. The molecule has 4 heteroatoms. The van der Waals surface area contributed by atoms with E-state index in [0.29, 0.717) is 10.6 Å². The SMILES string of the molecule is Clc1ccc(CSCC2(CBr)CCC2)o1. The van der Waals surface area contributed by atoms with Crippen molar-refractivity contribution < 1.29 is 4.42 Å². The fourth-order valence-corrected chi connectivity index (χ4v) is 4.26. The van der Waals surface area contributed by atoms with E-state index in [4.69, 9.17) is 16.0 Å². The molecular weight excluding hydrogens is 296 g/mol. The number of rotatable bonds is 5. The summed E-state index contributed by atoms with van der Waals surface area (Å²) in [5.41, 5.74) is 0.557. The normalized spacial score (nSPS) is 18.8. The van der Waals surface area contributed by atoms with Gasteiger partial charge in [0.25, 0.3) is 0 Å². The van der Waals surface area contributed by atoms with Gasteiger partial charge in [0.15, 0.2) is 5.22 Å². The molecule has 2 rings (SSSR count). The van der Waals surface area contributed by atoms with Gasteiger partial charge in [-0.25, -0.2) is 0 Å². The van der Waals surface area contributed by atoms with Gasteiger partial charge in [-0.2, -0.15) is 11.8 Å². The minimum atomic E-state index is 0.490. The van der Waals surface area contributed by atoms with Gasteiger partial charge in [-0.15, -0.1) is 0 Å². The number of hydrogen-bond acceptors (Lipinski definition) is 2. The highest BCUT2D eigenvalue weighted by Gasteiger charge is 2.35. The van der Waals surface area contributed by atoms with E-state index in [-0.39, 0.29) is 0 Å². The van der Waals surface area contributed by atoms with Gasteiger partial charge in [0, 0.05) is 11.1 Å². The van der Waals surface area contributed by atoms with Crippen molar-refractivity contribution in [3.05, 3.63) is 23.1 Å². The van der Waals surface area contributed by atoms with Crippen molar-refractivity contribution >= 4 is 39.3 Å². The molecule has 0 amide bonds. The summed E-state index contributed by atoms with van der Waals surface area (Å²) >= 11 is 11.3. The number of thioether (sulfide) groups is 1. The molecule has 15 heavy (non-hydrogen) atoms. The van der Waals surface area contributed by atoms with E-state index in [1.54, 1.807) is 6.07 Å². The molecule has 1 aromatic rings. The van der Waals surface area contributed by atoms with Crippen molar-refractivity contribution in [2.24, 2.45) is 5.41 Å². The number of halogens is 2. The van der Waals surface area contributed by atoms with E-state index in [1.165, 1.54) is 25.0 Å². The summed E-state index contributed by atoms with van der Waals surface area (Å²) in [5, 5.41) is 1.62. The predicted molar refractivity (Wildman–Crippen MR) is 70.0 cm³/mol. The minimum absolute atomic E-state index is 0.490. The van der Waals surface area contributed by atoms with E-state index in [1.807, 2.05) is 17.8 Å². The Morgan fingerprint density at radius 1 is 1.47 bits per heavy atom. The second-order valence-corrected chi connectivity index (χ2v) is 6.10. The zero-order chi connectivity index (χ0) is 10.7. The fraction of sp³-hybridized carbons (Fsp3) is 0.636. The molecule has 1 saturated carbocycles. The molecule has 1 aromatic heterocycles. The first kappa shape index (κ1) is 11.9. The quantitative estimate of drug-likeness (QED) is 0.729. The van der Waals surface area contributed by atoms with E-state index in [2.05, 4.69) is 15.9 Å². The topological polar surface area (TPSA) is 13.1 Å². The van der Waals surface area contributed by atoms with Gasteiger partial charge in [0.05, 0.1) is 5.75 Å². The molecule has 0 N–H and O–H groups in total. The van der Waals surface area contributed by atoms with E-state index >= 15 is 0 Å². The van der Waals surface area contributed by atoms with Crippen LogP contribution in [0, 0.1) is 5.41 Å². The highest BCUT2D eigenvalue weighted by molar-refractivity contribution is 9.09. The molecule has 0 unspecified atom stereocenters. The molecular formula is C11H14BrClOS. The summed E-state index contributed by atoms with van der Waals surface area (Å²) in [5.74, 6) is 3.13. The van der Waals surface area contributed by atoms with E-state index in [0.717, 1.165) is 16.8 Å². The fourth-order valence-electron chi connectivity index (χ4n) is 1.79. The van der Waals surface area contributed by atoms with Crippen LogP contribution < -0.4 is 0 Å². The molecule has 1 nitrogen and oxygen atoms in total. The first-order valence-electron chi connectivity index (χ1n) is 5.12. The summed E-state index contributed by atoms with van der Waals surface area (Å²) in [6.07, 6.45) is 4.12. The summed E-state index contributed by atoms with van der Waals surface area (Å²) in [6, 6.07) is 3.76. The van der Waals surface area contributed by atoms with Crippen LogP contribution in [0.25, 0.3) is 0 Å². The van der Waals surface area contributed by atoms with Crippen molar-refractivity contribution in [1.82, 2.24) is 0 Å². The molecule has 84 valence electrons. The highest BCUT2D eigenvalue weighted by atomic mass is 79.9. The lowest BCUT2D eigenvalue weighted by atomic mass is 9.72. The Hall–Kier alpha value is 0.400. The molecule has 0 aromatic carbocycles. The Kier molecular flexibility index (Phi) is 4.08. The smallest absolute Gasteiger partial charge is 0.193 e. The summed E-state index contributed by atoms with van der Waals surface area (Å²) in [7, 11) is 0. The molecule has 0 radical (unpaired) electrons. The maximum atomic E-state index is 5.71. The monoisotopic (exact) mass is 308 g/mol. The molecule has 0 bridgehead atoms. The maximum absolute atomic E-state index is 5.71. The highest BCUT2D eigenvalue weighted by Crippen LogP contribution is 2.45. The van der Waals surface area contributed by atoms with Gasteiger partial charge >= 0.3 is 0 Å². The average molecular weight is 310 g/mol. The molecule has 1 heterocycles. The Labute approximate surface area is 108 Å². The Morgan fingerprint density at radius 3 is 2.73 bits per heavy atom. The van der Waals surface area contributed by atoms with Gasteiger partial charge in [-0.1, -0.05) is 22.4 Å². The van der Waals surface area contributed by atoms with Crippen LogP contribution >= 0.6 is 39.3 Å². The third-order valence-electron chi connectivity index (χ3n) is 2.98. The predicted octanol–water partition coefficient (Wildman–Crippen LogP) is 4.73. The van der Waals surface area contributed by atoms with Crippen molar-refractivity contribution in [2.45, 2.75) is 25.0 Å². The Bertz CT molecular complexity index is 317. The molecule has 1 fully saturated rings. The van der Waals surface area contributed by atoms with Crippen LogP contribution in [-0.2, 0) is 5.75 Å². The first-order valence-corrected chi connectivity index (χ1v) is 7.77. The van der Waals surface area contributed by atoms with Crippen LogP contribution in [0.5, 0.6) is 0 Å². The molecule has 1 aliphatic rings. The summed E-state index contributed by atoms with van der Waals surface area (Å²) in [4.78, 5) is 0. The molecule has 0 saturated heterocycles. The summed E-state index contributed by atoms with van der Waals surface area (Å²) in [6.45, 7) is 0. The van der Waals surface area contributed by atoms with Gasteiger partial charge < -0.3 is 4.42 Å². The second kappa shape index (κ2) is 5.15. The van der Waals surface area contributed by atoms with Crippen molar-refractivity contribution in [1.29, 1.82) is 0 Å². The van der Waals surface area contributed by atoms with Crippen LogP contribution in [0.3, 0.4) is 0 Å². The molecule has 0 aliphatic heterocycles. The van der Waals surface area contributed by atoms with Gasteiger partial charge in [0.1, 0.15) is 5.76 Å².